The summed E-state index contributed by atoms with van der Waals surface area (Å²) in [6.45, 7) is 0. The van der Waals surface area contributed by atoms with Crippen molar-refractivity contribution in [3.8, 4) is 12.3 Å². The van der Waals surface area contributed by atoms with E-state index >= 15 is 0 Å². The molecule has 0 spiro atoms. The van der Waals surface area contributed by atoms with Gasteiger partial charge in [-0.3, -0.25) is 5.32 Å². The van der Waals surface area contributed by atoms with Gasteiger partial charge in [0.05, 0.1) is 22.9 Å². The first-order valence-corrected chi connectivity index (χ1v) is 9.08. The summed E-state index contributed by atoms with van der Waals surface area (Å²) >= 11 is 2.30. The molecule has 0 aromatic heterocycles. The zero-order chi connectivity index (χ0) is 19.2. The Balaban J connectivity index is 2.44. The van der Waals surface area contributed by atoms with Gasteiger partial charge in [-0.05, 0) is 42.7 Å². The summed E-state index contributed by atoms with van der Waals surface area (Å²) in [5, 5.41) is 20.5. The maximum absolute atomic E-state index is 12.9. The Morgan fingerprint density at radius 1 is 1.15 bits per heavy atom. The van der Waals surface area contributed by atoms with Crippen LogP contribution in [0.2, 0.25) is 0 Å². The lowest BCUT2D eigenvalue weighted by Gasteiger charge is -2.10. The molecule has 0 atom stereocenters. The number of alkyl halides is 3. The number of amidine groups is 1. The van der Waals surface area contributed by atoms with Crippen molar-refractivity contribution >= 4 is 34.4 Å². The summed E-state index contributed by atoms with van der Waals surface area (Å²) in [5.74, 6) is 0. The number of nitrogens with zero attached hydrogens (tertiary/aromatic N) is 3. The highest BCUT2D eigenvalue weighted by Gasteiger charge is 2.30. The lowest BCUT2D eigenvalue weighted by Crippen LogP contribution is -2.12. The highest BCUT2D eigenvalue weighted by atomic mass is 32.2. The van der Waals surface area contributed by atoms with Crippen LogP contribution in [0.3, 0.4) is 0 Å². The summed E-state index contributed by atoms with van der Waals surface area (Å²) in [4.78, 5) is 5.25. The van der Waals surface area contributed by atoms with Gasteiger partial charge in [0.15, 0.2) is 11.4 Å². The fourth-order valence-corrected chi connectivity index (χ4v) is 3.17. The number of hydrogen-bond acceptors (Lipinski definition) is 5. The van der Waals surface area contributed by atoms with Gasteiger partial charge in [0.25, 0.3) is 0 Å². The smallest absolute Gasteiger partial charge is 0.271 e. The Hall–Kier alpha value is -2.62. The molecule has 2 rings (SSSR count). The second-order valence-corrected chi connectivity index (χ2v) is 6.69. The number of thioether (sulfide) groups is 1. The van der Waals surface area contributed by atoms with E-state index in [2.05, 4.69) is 10.3 Å². The molecule has 2 aromatic carbocycles. The van der Waals surface area contributed by atoms with Crippen molar-refractivity contribution in [1.82, 2.24) is 5.32 Å². The molecule has 9 heteroatoms. The lowest BCUT2D eigenvalue weighted by atomic mass is 10.2. The van der Waals surface area contributed by atoms with E-state index in [9.17, 15) is 13.2 Å². The average Bonchev–Trinajstić information content (AvgIpc) is 2.62. The number of rotatable bonds is 3. The van der Waals surface area contributed by atoms with Crippen molar-refractivity contribution in [3.05, 3.63) is 53.6 Å². The van der Waals surface area contributed by atoms with E-state index in [0.717, 1.165) is 23.9 Å². The van der Waals surface area contributed by atoms with E-state index in [1.165, 1.54) is 23.9 Å². The number of halogens is 3. The minimum absolute atomic E-state index is 0.313. The van der Waals surface area contributed by atoms with Crippen molar-refractivity contribution in [2.45, 2.75) is 16.0 Å². The van der Waals surface area contributed by atoms with Crippen molar-refractivity contribution in [3.63, 3.8) is 0 Å². The monoisotopic (exact) mass is 392 g/mol. The molecule has 26 heavy (non-hydrogen) atoms. The molecule has 4 nitrogen and oxygen atoms in total. The van der Waals surface area contributed by atoms with E-state index in [4.69, 9.17) is 10.5 Å². The Bertz CT molecular complexity index is 911. The number of hydrogen-bond donors (Lipinski definition) is 1. The van der Waals surface area contributed by atoms with Crippen LogP contribution in [0.15, 0.2) is 57.2 Å². The predicted molar refractivity (Wildman–Crippen MR) is 96.1 cm³/mol. The fourth-order valence-electron chi connectivity index (χ4n) is 1.91. The number of aliphatic imine (C=N–C) groups is 1. The van der Waals surface area contributed by atoms with Gasteiger partial charge in [0.2, 0.25) is 0 Å². The third kappa shape index (κ3) is 5.19. The van der Waals surface area contributed by atoms with Crippen LogP contribution < -0.4 is 5.32 Å². The predicted octanol–water partition coefficient (Wildman–Crippen LogP) is 5.15. The van der Waals surface area contributed by atoms with Gasteiger partial charge in [-0.15, -0.1) is 0 Å². The summed E-state index contributed by atoms with van der Waals surface area (Å²) in [6, 6.07) is 11.6. The molecule has 0 saturated carbocycles. The Morgan fingerprint density at radius 2 is 1.92 bits per heavy atom. The van der Waals surface area contributed by atoms with Crippen LogP contribution in [-0.2, 0) is 6.18 Å². The first kappa shape index (κ1) is 19.7. The molecule has 0 amide bonds. The highest BCUT2D eigenvalue weighted by Crippen LogP contribution is 2.38. The minimum atomic E-state index is -4.43. The van der Waals surface area contributed by atoms with E-state index in [1.807, 2.05) is 6.07 Å². The molecule has 0 saturated heterocycles. The zero-order valence-corrected chi connectivity index (χ0v) is 15.0. The molecule has 0 fully saturated rings. The molecule has 0 unspecified atom stereocenters. The third-order valence-corrected chi connectivity index (χ3v) is 4.69. The van der Waals surface area contributed by atoms with Gasteiger partial charge in [-0.25, -0.2) is 4.99 Å². The Kier molecular flexibility index (Phi) is 6.56. The number of nitrogens with one attached hydrogen (secondary N) is 1. The zero-order valence-electron chi connectivity index (χ0n) is 13.3. The van der Waals surface area contributed by atoms with Gasteiger partial charge in [-0.1, -0.05) is 29.6 Å². The second kappa shape index (κ2) is 8.65. The normalized spacial score (nSPS) is 11.5. The van der Waals surface area contributed by atoms with E-state index < -0.39 is 11.7 Å². The Labute approximate surface area is 156 Å². The van der Waals surface area contributed by atoms with E-state index in [-0.39, 0.29) is 0 Å². The molecule has 0 heterocycles. The van der Waals surface area contributed by atoms with Crippen LogP contribution in [0.25, 0.3) is 0 Å². The van der Waals surface area contributed by atoms with Crippen LogP contribution in [0.4, 0.5) is 18.9 Å². The highest BCUT2D eigenvalue weighted by molar-refractivity contribution is 8.13. The molecule has 2 aromatic rings. The standard InChI is InChI=1S/C17H11F3N4S2/c1-25-16(23-10-22)24-14-7-11(9-21)5-6-15(14)26-13-4-2-3-12(8-13)17(18,19)20/h2-8H,1H3,(H,23,24). The van der Waals surface area contributed by atoms with Crippen LogP contribution in [-0.4, -0.2) is 11.4 Å². The molecule has 0 aliphatic rings. The largest absolute Gasteiger partial charge is 0.416 e. The third-order valence-electron chi connectivity index (χ3n) is 3.06. The molecule has 132 valence electrons. The average molecular weight is 392 g/mol. The molecule has 0 radical (unpaired) electrons. The van der Waals surface area contributed by atoms with Crippen molar-refractivity contribution in [1.29, 1.82) is 10.5 Å². The summed E-state index contributed by atoms with van der Waals surface area (Å²) in [6.07, 6.45) is -0.944. The van der Waals surface area contributed by atoms with Gasteiger partial charge in [0.1, 0.15) is 0 Å². The second-order valence-electron chi connectivity index (χ2n) is 4.78. The molecule has 0 aliphatic carbocycles. The summed E-state index contributed by atoms with van der Waals surface area (Å²) in [5.41, 5.74) is 0.00487. The lowest BCUT2D eigenvalue weighted by molar-refractivity contribution is -0.137. The van der Waals surface area contributed by atoms with Crippen LogP contribution in [0.1, 0.15) is 11.1 Å². The maximum Gasteiger partial charge on any atom is 0.416 e. The number of benzene rings is 2. The first-order chi connectivity index (χ1) is 12.4. The maximum atomic E-state index is 12.9. The van der Waals surface area contributed by atoms with Crippen molar-refractivity contribution < 1.29 is 13.2 Å². The SMILES string of the molecule is CSC(=Nc1cc(C#N)ccc1Sc1cccc(C(F)(F)F)c1)NC#N. The van der Waals surface area contributed by atoms with Gasteiger partial charge in [0, 0.05) is 9.79 Å². The molecule has 1 N–H and O–H groups in total. The first-order valence-electron chi connectivity index (χ1n) is 7.04. The summed E-state index contributed by atoms with van der Waals surface area (Å²) < 4.78 is 38.6. The Morgan fingerprint density at radius 3 is 2.54 bits per heavy atom. The summed E-state index contributed by atoms with van der Waals surface area (Å²) in [7, 11) is 0. The molecular weight excluding hydrogens is 381 g/mol. The number of nitriles is 2. The fraction of sp³-hybridized carbons (Fsp3) is 0.118. The minimum Gasteiger partial charge on any atom is -0.271 e. The van der Waals surface area contributed by atoms with Gasteiger partial charge >= 0.3 is 6.18 Å². The van der Waals surface area contributed by atoms with E-state index in [0.29, 0.717) is 26.2 Å². The van der Waals surface area contributed by atoms with Crippen LogP contribution in [0.5, 0.6) is 0 Å². The molecule has 0 bridgehead atoms. The van der Waals surface area contributed by atoms with Crippen LogP contribution >= 0.6 is 23.5 Å². The van der Waals surface area contributed by atoms with Crippen LogP contribution in [0, 0.1) is 22.8 Å². The molecular formula is C17H11F3N4S2. The quantitative estimate of drug-likeness (QED) is 0.338. The van der Waals surface area contributed by atoms with Crippen molar-refractivity contribution in [2.24, 2.45) is 4.99 Å². The van der Waals surface area contributed by atoms with Gasteiger partial charge < -0.3 is 0 Å². The van der Waals surface area contributed by atoms with E-state index in [1.54, 1.807) is 30.6 Å². The molecule has 0 aliphatic heterocycles. The topological polar surface area (TPSA) is 72.0 Å². The van der Waals surface area contributed by atoms with Crippen molar-refractivity contribution in [2.75, 3.05) is 6.26 Å². The van der Waals surface area contributed by atoms with Gasteiger partial charge in [-0.2, -0.15) is 23.7 Å².